The molecule has 0 fully saturated rings. The number of anilines is 1. The van der Waals surface area contributed by atoms with E-state index in [1.807, 2.05) is 6.07 Å². The lowest BCUT2D eigenvalue weighted by molar-refractivity contribution is -0.128. The summed E-state index contributed by atoms with van der Waals surface area (Å²) in [6.45, 7) is 0. The highest BCUT2D eigenvalue weighted by atomic mass is 35.5. The number of carbonyl (C=O) groups is 2. The second-order valence-corrected chi connectivity index (χ2v) is 6.76. The average molecular weight is 391 g/mol. The summed E-state index contributed by atoms with van der Waals surface area (Å²) in [4.78, 5) is 25.1. The van der Waals surface area contributed by atoms with Gasteiger partial charge >= 0.3 is 0 Å². The number of carbonyl (C=O) groups excluding carboxylic acids is 2. The molecule has 0 saturated carbocycles. The number of hydrogen-bond donors (Lipinski definition) is 1. The number of hydrogen-bond acceptors (Lipinski definition) is 4. The van der Waals surface area contributed by atoms with Gasteiger partial charge in [-0.3, -0.25) is 9.59 Å². The quantitative estimate of drug-likeness (QED) is 0.867. The fraction of sp³-hybridized carbons (Fsp3) is 0.222. The predicted octanol–water partition coefficient (Wildman–Crippen LogP) is 3.45. The van der Waals surface area contributed by atoms with Crippen molar-refractivity contribution >= 4 is 40.8 Å². The number of nitrogens with one attached hydrogen (secondary N) is 1. The van der Waals surface area contributed by atoms with E-state index >= 15 is 0 Å². The second-order valence-electron chi connectivity index (χ2n) is 5.95. The molecule has 1 aromatic carbocycles. The van der Waals surface area contributed by atoms with Gasteiger partial charge in [0.15, 0.2) is 5.82 Å². The summed E-state index contributed by atoms with van der Waals surface area (Å²) in [7, 11) is 1.63. The van der Waals surface area contributed by atoms with Crippen LogP contribution in [0.3, 0.4) is 0 Å². The molecule has 3 rings (SSSR count). The maximum Gasteiger partial charge on any atom is 0.254 e. The zero-order valence-corrected chi connectivity index (χ0v) is 15.5. The first-order valence-electron chi connectivity index (χ1n) is 7.96. The van der Waals surface area contributed by atoms with E-state index in [0.29, 0.717) is 40.7 Å². The van der Waals surface area contributed by atoms with Crippen molar-refractivity contribution in [1.82, 2.24) is 15.1 Å². The molecule has 0 radical (unpaired) electrons. The molecule has 0 unspecified atom stereocenters. The van der Waals surface area contributed by atoms with Crippen LogP contribution >= 0.6 is 23.2 Å². The molecular weight excluding hydrogens is 375 g/mol. The zero-order valence-electron chi connectivity index (χ0n) is 14.0. The molecule has 1 aromatic heterocycles. The van der Waals surface area contributed by atoms with Gasteiger partial charge in [0, 0.05) is 31.7 Å². The zero-order chi connectivity index (χ0) is 18.7. The molecule has 2 aromatic rings. The minimum atomic E-state index is -0.282. The molecule has 2 heterocycles. The van der Waals surface area contributed by atoms with Gasteiger partial charge in [-0.15, -0.1) is 5.10 Å². The van der Waals surface area contributed by atoms with E-state index in [1.54, 1.807) is 37.5 Å². The highest BCUT2D eigenvalue weighted by molar-refractivity contribution is 6.42. The smallest absolute Gasteiger partial charge is 0.254 e. The Bertz CT molecular complexity index is 881. The van der Waals surface area contributed by atoms with Crippen LogP contribution in [0.2, 0.25) is 10.0 Å². The maximum atomic E-state index is 12.3. The van der Waals surface area contributed by atoms with Crippen LogP contribution in [-0.2, 0) is 16.0 Å². The Kier molecular flexibility index (Phi) is 5.54. The van der Waals surface area contributed by atoms with Gasteiger partial charge in [-0.2, -0.15) is 5.10 Å². The van der Waals surface area contributed by atoms with Crippen LogP contribution in [-0.4, -0.2) is 34.0 Å². The van der Waals surface area contributed by atoms with Gasteiger partial charge in [0.05, 0.1) is 15.7 Å². The molecular formula is C18H16Cl2N4O2. The maximum absolute atomic E-state index is 12.3. The number of nitrogens with zero attached hydrogens (tertiary/aromatic N) is 3. The summed E-state index contributed by atoms with van der Waals surface area (Å²) in [6, 6.07) is 8.88. The minimum absolute atomic E-state index is 0.00648. The molecule has 1 aliphatic heterocycles. The number of rotatable bonds is 4. The van der Waals surface area contributed by atoms with E-state index in [9.17, 15) is 9.59 Å². The lowest BCUT2D eigenvalue weighted by Gasteiger charge is -2.20. The predicted molar refractivity (Wildman–Crippen MR) is 100 cm³/mol. The number of aromatic nitrogens is 2. The van der Waals surface area contributed by atoms with E-state index in [0.717, 1.165) is 11.3 Å². The molecule has 8 heteroatoms. The van der Waals surface area contributed by atoms with Crippen molar-refractivity contribution in [2.24, 2.45) is 0 Å². The van der Waals surface area contributed by atoms with E-state index < -0.39 is 0 Å². The van der Waals surface area contributed by atoms with Gasteiger partial charge in [0.1, 0.15) is 0 Å². The third-order valence-electron chi connectivity index (χ3n) is 3.97. The van der Waals surface area contributed by atoms with Crippen molar-refractivity contribution in [3.63, 3.8) is 0 Å². The van der Waals surface area contributed by atoms with E-state index in [2.05, 4.69) is 15.5 Å². The van der Waals surface area contributed by atoms with Crippen molar-refractivity contribution in [3.8, 4) is 0 Å². The van der Waals surface area contributed by atoms with Crippen LogP contribution in [0.4, 0.5) is 5.82 Å². The molecule has 0 bridgehead atoms. The Hall–Kier alpha value is -2.44. The van der Waals surface area contributed by atoms with Gasteiger partial charge in [-0.25, -0.2) is 0 Å². The Morgan fingerprint density at radius 1 is 1.15 bits per heavy atom. The fourth-order valence-corrected chi connectivity index (χ4v) is 2.86. The first kappa shape index (κ1) is 18.4. The summed E-state index contributed by atoms with van der Waals surface area (Å²) < 4.78 is 0. The van der Waals surface area contributed by atoms with Crippen LogP contribution in [0.25, 0.3) is 0 Å². The molecule has 1 N–H and O–H groups in total. The van der Waals surface area contributed by atoms with Gasteiger partial charge in [-0.1, -0.05) is 29.3 Å². The van der Waals surface area contributed by atoms with Crippen molar-refractivity contribution in [2.75, 3.05) is 12.4 Å². The molecule has 0 atom stereocenters. The normalized spacial score (nSPS) is 14.2. The van der Waals surface area contributed by atoms with Crippen LogP contribution in [0.15, 0.2) is 42.1 Å². The Morgan fingerprint density at radius 2 is 1.96 bits per heavy atom. The van der Waals surface area contributed by atoms with Crippen LogP contribution in [0, 0.1) is 0 Å². The summed E-state index contributed by atoms with van der Waals surface area (Å²) in [5.41, 5.74) is 2.24. The monoisotopic (exact) mass is 390 g/mol. The summed E-state index contributed by atoms with van der Waals surface area (Å²) in [6.07, 6.45) is 2.84. The standard InChI is InChI=1S/C18H16Cl2N4O2/c1-24-10-12(3-7-17(24)25)18(26)21-16-6-4-13(22-23-16)8-11-2-5-14(19)15(20)9-11/h2,4-6,9-10H,3,7-8H2,1H3,(H,21,23,26). The fourth-order valence-electron chi connectivity index (χ4n) is 2.54. The molecule has 2 amide bonds. The molecule has 0 spiro atoms. The van der Waals surface area contributed by atoms with Crippen LogP contribution in [0.1, 0.15) is 24.1 Å². The third-order valence-corrected chi connectivity index (χ3v) is 4.71. The Balaban J connectivity index is 1.64. The topological polar surface area (TPSA) is 75.2 Å². The van der Waals surface area contributed by atoms with Crippen molar-refractivity contribution in [3.05, 3.63) is 63.4 Å². The highest BCUT2D eigenvalue weighted by Crippen LogP contribution is 2.23. The van der Waals surface area contributed by atoms with Crippen molar-refractivity contribution < 1.29 is 9.59 Å². The number of benzene rings is 1. The van der Waals surface area contributed by atoms with Gasteiger partial charge in [-0.05, 0) is 36.2 Å². The number of amides is 2. The van der Waals surface area contributed by atoms with Crippen LogP contribution < -0.4 is 5.32 Å². The summed E-state index contributed by atoms with van der Waals surface area (Å²) >= 11 is 11.9. The Morgan fingerprint density at radius 3 is 2.62 bits per heavy atom. The molecule has 0 saturated heterocycles. The van der Waals surface area contributed by atoms with Crippen LogP contribution in [0.5, 0.6) is 0 Å². The first-order valence-corrected chi connectivity index (χ1v) is 8.72. The van der Waals surface area contributed by atoms with Crippen molar-refractivity contribution in [2.45, 2.75) is 19.3 Å². The lowest BCUT2D eigenvalue weighted by Crippen LogP contribution is -2.28. The number of halogens is 2. The molecule has 26 heavy (non-hydrogen) atoms. The highest BCUT2D eigenvalue weighted by Gasteiger charge is 2.20. The Labute approximate surface area is 160 Å². The van der Waals surface area contributed by atoms with Crippen molar-refractivity contribution in [1.29, 1.82) is 0 Å². The summed E-state index contributed by atoms with van der Waals surface area (Å²) in [5, 5.41) is 11.9. The van der Waals surface area contributed by atoms with Gasteiger partial charge in [0.2, 0.25) is 5.91 Å². The van der Waals surface area contributed by atoms with E-state index in [1.165, 1.54) is 4.90 Å². The average Bonchev–Trinajstić information content (AvgIpc) is 2.62. The van der Waals surface area contributed by atoms with E-state index in [-0.39, 0.29) is 11.8 Å². The van der Waals surface area contributed by atoms with Gasteiger partial charge < -0.3 is 10.2 Å². The third kappa shape index (κ3) is 4.39. The largest absolute Gasteiger partial charge is 0.322 e. The summed E-state index contributed by atoms with van der Waals surface area (Å²) in [5.74, 6) is 0.0669. The minimum Gasteiger partial charge on any atom is -0.322 e. The molecule has 134 valence electrons. The van der Waals surface area contributed by atoms with Gasteiger partial charge in [0.25, 0.3) is 5.91 Å². The molecule has 0 aliphatic carbocycles. The second kappa shape index (κ2) is 7.85. The molecule has 6 nitrogen and oxygen atoms in total. The van der Waals surface area contributed by atoms with E-state index in [4.69, 9.17) is 23.2 Å². The first-order chi connectivity index (χ1) is 12.4. The molecule has 1 aliphatic rings. The SMILES string of the molecule is CN1C=C(C(=O)Nc2ccc(Cc3ccc(Cl)c(Cl)c3)nn2)CCC1=O. The lowest BCUT2D eigenvalue weighted by atomic mass is 10.1.